The van der Waals surface area contributed by atoms with Gasteiger partial charge in [0.05, 0.1) is 17.1 Å². The first-order valence-corrected chi connectivity index (χ1v) is 9.13. The highest BCUT2D eigenvalue weighted by molar-refractivity contribution is 5.82. The van der Waals surface area contributed by atoms with Crippen LogP contribution in [-0.4, -0.2) is 26.6 Å². The van der Waals surface area contributed by atoms with E-state index in [1.54, 1.807) is 18.5 Å². The lowest BCUT2D eigenvalue weighted by atomic mass is 10.1. The molecule has 0 amide bonds. The van der Waals surface area contributed by atoms with E-state index in [9.17, 15) is 5.11 Å². The van der Waals surface area contributed by atoms with E-state index < -0.39 is 0 Å². The molecule has 0 atom stereocenters. The summed E-state index contributed by atoms with van der Waals surface area (Å²) >= 11 is 0. The molecule has 6 nitrogen and oxygen atoms in total. The van der Waals surface area contributed by atoms with E-state index in [1.807, 2.05) is 12.1 Å². The monoisotopic (exact) mass is 370 g/mol. The molecule has 6 heteroatoms. The Morgan fingerprint density at radius 3 is 2.75 bits per heavy atom. The van der Waals surface area contributed by atoms with Gasteiger partial charge in [0.25, 0.3) is 0 Å². The number of aryl methyl sites for hydroxylation is 1. The molecule has 0 saturated carbocycles. The van der Waals surface area contributed by atoms with Crippen molar-refractivity contribution in [3.05, 3.63) is 72.1 Å². The maximum absolute atomic E-state index is 10.1. The lowest BCUT2D eigenvalue weighted by Crippen LogP contribution is -2.12. The molecule has 1 aliphatic heterocycles. The van der Waals surface area contributed by atoms with Gasteiger partial charge in [-0.25, -0.2) is 0 Å². The fraction of sp³-hybridized carbons (Fsp3) is 0.136. The molecule has 0 spiro atoms. The second-order valence-corrected chi connectivity index (χ2v) is 6.85. The van der Waals surface area contributed by atoms with E-state index in [-0.39, 0.29) is 11.9 Å². The zero-order chi connectivity index (χ0) is 19.1. The van der Waals surface area contributed by atoms with Gasteiger partial charge >= 0.3 is 6.01 Å². The normalized spacial score (nSPS) is 13.0. The van der Waals surface area contributed by atoms with E-state index in [2.05, 4.69) is 57.1 Å². The Kier molecular flexibility index (Phi) is 3.83. The van der Waals surface area contributed by atoms with Crippen molar-refractivity contribution in [1.29, 1.82) is 0 Å². The third-order valence-corrected chi connectivity index (χ3v) is 4.96. The van der Waals surface area contributed by atoms with Crippen molar-refractivity contribution in [3.63, 3.8) is 0 Å². The van der Waals surface area contributed by atoms with Gasteiger partial charge in [-0.15, -0.1) is 0 Å². The van der Waals surface area contributed by atoms with Gasteiger partial charge in [0.15, 0.2) is 0 Å². The minimum absolute atomic E-state index is 0.103. The Morgan fingerprint density at radius 2 is 1.89 bits per heavy atom. The third-order valence-electron chi connectivity index (χ3n) is 4.96. The van der Waals surface area contributed by atoms with Crippen molar-refractivity contribution >= 4 is 22.3 Å². The molecule has 0 aliphatic carbocycles. The van der Waals surface area contributed by atoms with Crippen molar-refractivity contribution in [3.8, 4) is 17.6 Å². The molecule has 2 aromatic heterocycles. The van der Waals surface area contributed by atoms with Gasteiger partial charge in [-0.2, -0.15) is 9.97 Å². The van der Waals surface area contributed by atoms with Crippen LogP contribution in [0.15, 0.2) is 60.9 Å². The van der Waals surface area contributed by atoms with Crippen LogP contribution in [0.3, 0.4) is 0 Å². The summed E-state index contributed by atoms with van der Waals surface area (Å²) < 4.78 is 5.82. The van der Waals surface area contributed by atoms with Gasteiger partial charge in [-0.3, -0.25) is 4.98 Å². The number of aromatic hydroxyl groups is 1. The molecular formula is C22H18N4O2. The second-order valence-electron chi connectivity index (χ2n) is 6.85. The van der Waals surface area contributed by atoms with Crippen LogP contribution in [0.4, 0.5) is 11.4 Å². The molecule has 138 valence electrons. The smallest absolute Gasteiger partial charge is 0.325 e. The average Bonchev–Trinajstić information content (AvgIpc) is 3.12. The Labute approximate surface area is 162 Å². The number of rotatable bonds is 3. The first-order valence-electron chi connectivity index (χ1n) is 9.13. The van der Waals surface area contributed by atoms with Gasteiger partial charge in [-0.05, 0) is 55.3 Å². The summed E-state index contributed by atoms with van der Waals surface area (Å²) in [6, 6.07) is 16.3. The van der Waals surface area contributed by atoms with Crippen LogP contribution in [0.25, 0.3) is 10.9 Å². The van der Waals surface area contributed by atoms with E-state index in [1.165, 1.54) is 22.5 Å². The molecule has 28 heavy (non-hydrogen) atoms. The van der Waals surface area contributed by atoms with Crippen LogP contribution in [0.1, 0.15) is 11.1 Å². The number of hydrogen-bond acceptors (Lipinski definition) is 6. The summed E-state index contributed by atoms with van der Waals surface area (Å²) in [5, 5.41) is 10.6. The van der Waals surface area contributed by atoms with Crippen LogP contribution in [-0.2, 0) is 6.42 Å². The molecule has 0 radical (unpaired) electrons. The Balaban J connectivity index is 1.43. The molecule has 0 bridgehead atoms. The average molecular weight is 370 g/mol. The first kappa shape index (κ1) is 16.5. The molecule has 3 heterocycles. The predicted octanol–water partition coefficient (Wildman–Crippen LogP) is 4.53. The van der Waals surface area contributed by atoms with E-state index in [0.29, 0.717) is 16.7 Å². The second kappa shape index (κ2) is 6.49. The van der Waals surface area contributed by atoms with Crippen molar-refractivity contribution in [2.45, 2.75) is 13.3 Å². The predicted molar refractivity (Wildman–Crippen MR) is 107 cm³/mol. The maximum Gasteiger partial charge on any atom is 0.325 e. The summed E-state index contributed by atoms with van der Waals surface area (Å²) in [6.45, 7) is 3.02. The van der Waals surface area contributed by atoms with Gasteiger partial charge in [0.1, 0.15) is 5.75 Å². The summed E-state index contributed by atoms with van der Waals surface area (Å²) in [4.78, 5) is 14.7. The standard InChI is InChI=1S/C22H18N4O2/c1-14-2-4-16(5-3-14)26-11-9-15-12-17(6-7-20(15)26)28-22-24-19-13-23-10-8-18(19)21(27)25-22/h2-8,10,12-13H,9,11H2,1H3,(H,24,25,27). The van der Waals surface area contributed by atoms with Crippen molar-refractivity contribution in [2.24, 2.45) is 0 Å². The number of anilines is 2. The van der Waals surface area contributed by atoms with Gasteiger partial charge in [0, 0.05) is 24.1 Å². The van der Waals surface area contributed by atoms with Crippen LogP contribution < -0.4 is 9.64 Å². The molecule has 1 aliphatic rings. The van der Waals surface area contributed by atoms with Crippen molar-refractivity contribution in [2.75, 3.05) is 11.4 Å². The van der Waals surface area contributed by atoms with Crippen LogP contribution in [0.5, 0.6) is 17.6 Å². The zero-order valence-corrected chi connectivity index (χ0v) is 15.3. The lowest BCUT2D eigenvalue weighted by molar-refractivity contribution is 0.412. The quantitative estimate of drug-likeness (QED) is 0.571. The van der Waals surface area contributed by atoms with Crippen LogP contribution >= 0.6 is 0 Å². The van der Waals surface area contributed by atoms with Crippen LogP contribution in [0, 0.1) is 6.92 Å². The number of benzene rings is 2. The minimum Gasteiger partial charge on any atom is -0.493 e. The van der Waals surface area contributed by atoms with Gasteiger partial charge in [-0.1, -0.05) is 17.7 Å². The highest BCUT2D eigenvalue weighted by Gasteiger charge is 2.21. The van der Waals surface area contributed by atoms with E-state index in [4.69, 9.17) is 4.74 Å². The number of aromatic nitrogens is 3. The Hall–Kier alpha value is -3.67. The fourth-order valence-corrected chi connectivity index (χ4v) is 3.53. The maximum atomic E-state index is 10.1. The van der Waals surface area contributed by atoms with Gasteiger partial charge in [0.2, 0.25) is 5.88 Å². The van der Waals surface area contributed by atoms with Gasteiger partial charge < -0.3 is 14.7 Å². The highest BCUT2D eigenvalue weighted by atomic mass is 16.5. The van der Waals surface area contributed by atoms with Crippen LogP contribution in [0.2, 0.25) is 0 Å². The summed E-state index contributed by atoms with van der Waals surface area (Å²) in [7, 11) is 0. The molecule has 4 aromatic rings. The fourth-order valence-electron chi connectivity index (χ4n) is 3.53. The Morgan fingerprint density at radius 1 is 1.04 bits per heavy atom. The number of pyridine rings is 1. The van der Waals surface area contributed by atoms with Crippen molar-refractivity contribution in [1.82, 2.24) is 15.0 Å². The zero-order valence-electron chi connectivity index (χ0n) is 15.3. The SMILES string of the molecule is Cc1ccc(N2CCc3cc(Oc4nc(O)c5ccncc5n4)ccc32)cc1. The minimum atomic E-state index is -0.117. The highest BCUT2D eigenvalue weighted by Crippen LogP contribution is 2.37. The number of hydrogen-bond donors (Lipinski definition) is 1. The molecule has 5 rings (SSSR count). The number of ether oxygens (including phenoxy) is 1. The summed E-state index contributed by atoms with van der Waals surface area (Å²) in [5.41, 5.74) is 5.37. The summed E-state index contributed by atoms with van der Waals surface area (Å²) in [5.74, 6) is 0.529. The third kappa shape index (κ3) is 2.89. The van der Waals surface area contributed by atoms with Crippen molar-refractivity contribution < 1.29 is 9.84 Å². The molecule has 0 saturated heterocycles. The van der Waals surface area contributed by atoms with E-state index >= 15 is 0 Å². The Bertz CT molecular complexity index is 1170. The number of fused-ring (bicyclic) bond motifs is 2. The molecule has 0 unspecified atom stereocenters. The molecule has 1 N–H and O–H groups in total. The molecular weight excluding hydrogens is 352 g/mol. The largest absolute Gasteiger partial charge is 0.493 e. The first-order chi connectivity index (χ1) is 13.7. The number of nitrogens with zero attached hydrogens (tertiary/aromatic N) is 4. The topological polar surface area (TPSA) is 71.4 Å². The van der Waals surface area contributed by atoms with E-state index in [0.717, 1.165) is 13.0 Å². The molecule has 0 fully saturated rings. The lowest BCUT2D eigenvalue weighted by Gasteiger charge is -2.20. The molecule has 2 aromatic carbocycles. The summed E-state index contributed by atoms with van der Waals surface area (Å²) in [6.07, 6.45) is 4.10.